The zero-order valence-electron chi connectivity index (χ0n) is 12.8. The summed E-state index contributed by atoms with van der Waals surface area (Å²) in [5, 5.41) is 0. The number of rotatable bonds is 5. The summed E-state index contributed by atoms with van der Waals surface area (Å²) in [6.07, 6.45) is 3.90. The molecule has 1 rings (SSSR count). The molecule has 0 saturated heterocycles. The summed E-state index contributed by atoms with van der Waals surface area (Å²) in [7, 11) is -0.315. The first-order valence-corrected chi connectivity index (χ1v) is 19.2. The SMILES string of the molecule is CCB(CC)C1=C[Si](C)[C]([Sn]([CH3])([CH3])[CH3])=C1CC. The molecule has 1 aliphatic heterocycles. The molecule has 0 aromatic rings. The molecule has 1 heterocycles. The molecule has 0 nitrogen and oxygen atoms in total. The third-order valence-electron chi connectivity index (χ3n) is 3.95. The quantitative estimate of drug-likeness (QED) is 0.623. The van der Waals surface area contributed by atoms with E-state index < -0.39 is 18.4 Å². The molecule has 0 amide bonds. The summed E-state index contributed by atoms with van der Waals surface area (Å²) < 4.78 is 1.99. The summed E-state index contributed by atoms with van der Waals surface area (Å²) in [5.74, 6) is 0. The predicted molar refractivity (Wildman–Crippen MR) is 87.1 cm³/mol. The average Bonchev–Trinajstić information content (AvgIpc) is 2.56. The van der Waals surface area contributed by atoms with Crippen molar-refractivity contribution in [2.45, 2.75) is 61.2 Å². The molecule has 0 aliphatic carbocycles. The van der Waals surface area contributed by atoms with Crippen molar-refractivity contribution in [1.82, 2.24) is 0 Å². The molecular formula is C14H28BSiSn. The fraction of sp³-hybridized carbons (Fsp3) is 0.714. The van der Waals surface area contributed by atoms with Crippen molar-refractivity contribution in [2.75, 3.05) is 0 Å². The van der Waals surface area contributed by atoms with Crippen LogP contribution in [0.15, 0.2) is 20.0 Å². The van der Waals surface area contributed by atoms with Gasteiger partial charge in [0, 0.05) is 0 Å². The van der Waals surface area contributed by atoms with Gasteiger partial charge in [-0.2, -0.15) is 0 Å². The van der Waals surface area contributed by atoms with E-state index in [1.807, 2.05) is 3.21 Å². The first-order chi connectivity index (χ1) is 7.86. The van der Waals surface area contributed by atoms with Crippen molar-refractivity contribution in [3.05, 3.63) is 20.0 Å². The van der Waals surface area contributed by atoms with E-state index in [9.17, 15) is 0 Å². The van der Waals surface area contributed by atoms with Crippen LogP contribution in [0.2, 0.25) is 34.0 Å². The third kappa shape index (κ3) is 3.31. The van der Waals surface area contributed by atoms with Gasteiger partial charge in [0.2, 0.25) is 0 Å². The Balaban J connectivity index is 3.18. The van der Waals surface area contributed by atoms with Crippen LogP contribution < -0.4 is 0 Å². The maximum absolute atomic E-state index is 2.69. The van der Waals surface area contributed by atoms with Crippen LogP contribution in [-0.4, -0.2) is 33.9 Å². The maximum atomic E-state index is 2.69. The molecule has 0 spiro atoms. The molecule has 3 heteroatoms. The normalized spacial score (nSPS) is 17.7. The first-order valence-electron chi connectivity index (χ1n) is 7.16. The Hall–Kier alpha value is 0.561. The monoisotopic (exact) mass is 355 g/mol. The van der Waals surface area contributed by atoms with Crippen molar-refractivity contribution < 1.29 is 0 Å². The van der Waals surface area contributed by atoms with Gasteiger partial charge in [0.15, 0.2) is 0 Å². The van der Waals surface area contributed by atoms with Gasteiger partial charge in [0.1, 0.15) is 0 Å². The van der Waals surface area contributed by atoms with E-state index in [1.165, 1.54) is 19.1 Å². The summed E-state index contributed by atoms with van der Waals surface area (Å²) in [4.78, 5) is 7.78. The summed E-state index contributed by atoms with van der Waals surface area (Å²) in [6, 6.07) is 0. The first kappa shape index (κ1) is 15.6. The minimum atomic E-state index is -1.87. The number of allylic oxidation sites excluding steroid dienone is 2. The second-order valence-electron chi connectivity index (χ2n) is 6.25. The van der Waals surface area contributed by atoms with E-state index in [-0.39, 0.29) is 8.80 Å². The molecule has 0 N–H and O–H groups in total. The van der Waals surface area contributed by atoms with Crippen LogP contribution in [0.5, 0.6) is 0 Å². The standard InChI is InChI=1S/C11H19BSi.3CH3.Sn/c1-5-10-8-13(4)9-11(10)12(6-2)7-3;;;;/h9H,5-7H2,1-4H3;3*1H3;. The van der Waals surface area contributed by atoms with E-state index in [1.54, 1.807) is 11.0 Å². The summed E-state index contributed by atoms with van der Waals surface area (Å²) >= 11 is -1.87. The van der Waals surface area contributed by atoms with E-state index in [4.69, 9.17) is 0 Å². The van der Waals surface area contributed by atoms with Crippen LogP contribution in [0.25, 0.3) is 0 Å². The molecule has 95 valence electrons. The van der Waals surface area contributed by atoms with Crippen LogP contribution in [-0.2, 0) is 0 Å². The van der Waals surface area contributed by atoms with E-state index >= 15 is 0 Å². The van der Waals surface area contributed by atoms with Crippen LogP contribution >= 0.6 is 0 Å². The van der Waals surface area contributed by atoms with E-state index in [0.29, 0.717) is 0 Å². The molecule has 0 unspecified atom stereocenters. The Labute approximate surface area is 115 Å². The Morgan fingerprint density at radius 1 is 1.12 bits per heavy atom. The Kier molecular flexibility index (Phi) is 5.64. The molecule has 0 aromatic heterocycles. The van der Waals surface area contributed by atoms with Gasteiger partial charge in [0.25, 0.3) is 0 Å². The van der Waals surface area contributed by atoms with Crippen LogP contribution in [0.4, 0.5) is 0 Å². The zero-order chi connectivity index (χ0) is 13.2. The van der Waals surface area contributed by atoms with Crippen LogP contribution in [0.3, 0.4) is 0 Å². The summed E-state index contributed by atoms with van der Waals surface area (Å²) in [6.45, 7) is 10.4. The second-order valence-corrected chi connectivity index (χ2v) is 24.1. The fourth-order valence-corrected chi connectivity index (χ4v) is 20.5. The Morgan fingerprint density at radius 3 is 2.00 bits per heavy atom. The number of hydrogen-bond acceptors (Lipinski definition) is 0. The molecule has 17 heavy (non-hydrogen) atoms. The van der Waals surface area contributed by atoms with E-state index in [2.05, 4.69) is 47.8 Å². The fourth-order valence-electron chi connectivity index (χ4n) is 3.29. The average molecular weight is 354 g/mol. The molecule has 0 aromatic carbocycles. The predicted octanol–water partition coefficient (Wildman–Crippen LogP) is 4.79. The van der Waals surface area contributed by atoms with Gasteiger partial charge in [-0.3, -0.25) is 0 Å². The zero-order valence-corrected chi connectivity index (χ0v) is 16.6. The molecule has 0 saturated carbocycles. The van der Waals surface area contributed by atoms with Gasteiger partial charge in [-0.1, -0.05) is 0 Å². The van der Waals surface area contributed by atoms with Crippen molar-refractivity contribution in [1.29, 1.82) is 0 Å². The molecule has 1 radical (unpaired) electrons. The molecule has 0 bridgehead atoms. The molecular weight excluding hydrogens is 326 g/mol. The molecule has 0 fully saturated rings. The number of hydrogen-bond donors (Lipinski definition) is 0. The van der Waals surface area contributed by atoms with Gasteiger partial charge in [-0.25, -0.2) is 0 Å². The molecule has 1 aliphatic rings. The summed E-state index contributed by atoms with van der Waals surface area (Å²) in [5.41, 5.74) is 6.26. The Bertz CT molecular complexity index is 335. The van der Waals surface area contributed by atoms with Gasteiger partial charge in [0.05, 0.1) is 0 Å². The third-order valence-corrected chi connectivity index (χ3v) is 19.3. The van der Waals surface area contributed by atoms with Gasteiger partial charge >= 0.3 is 115 Å². The minimum absolute atomic E-state index is 0.315. The van der Waals surface area contributed by atoms with Crippen molar-refractivity contribution in [2.24, 2.45) is 0 Å². The molecule has 0 atom stereocenters. The van der Waals surface area contributed by atoms with Crippen LogP contribution in [0.1, 0.15) is 27.2 Å². The van der Waals surface area contributed by atoms with Gasteiger partial charge in [-0.05, 0) is 0 Å². The van der Waals surface area contributed by atoms with Crippen molar-refractivity contribution in [3.63, 3.8) is 0 Å². The Morgan fingerprint density at radius 2 is 1.65 bits per heavy atom. The van der Waals surface area contributed by atoms with Gasteiger partial charge < -0.3 is 0 Å². The van der Waals surface area contributed by atoms with Crippen molar-refractivity contribution >= 4 is 33.9 Å². The van der Waals surface area contributed by atoms with Crippen molar-refractivity contribution in [3.8, 4) is 0 Å². The second kappa shape index (κ2) is 6.14. The topological polar surface area (TPSA) is 0 Å². The van der Waals surface area contributed by atoms with Crippen LogP contribution in [0, 0.1) is 0 Å². The van der Waals surface area contributed by atoms with E-state index in [0.717, 1.165) is 6.71 Å². The van der Waals surface area contributed by atoms with Gasteiger partial charge in [-0.15, -0.1) is 0 Å².